The standard InChI is InChI=1S/C14H16N2O2S/c1-18-11-4-2-10(3-5-11)8-19-12-6-13-14(17)15-9-16(13)7-12/h2-5,9,12,17H,6-8H2,1H3. The number of fused-ring (bicyclic) bond motifs is 1. The maximum atomic E-state index is 9.58. The van der Waals surface area contributed by atoms with Gasteiger partial charge in [0.25, 0.3) is 0 Å². The molecular formula is C14H16N2O2S. The first kappa shape index (κ1) is 12.4. The summed E-state index contributed by atoms with van der Waals surface area (Å²) in [5.41, 5.74) is 2.26. The quantitative estimate of drug-likeness (QED) is 0.932. The van der Waals surface area contributed by atoms with E-state index in [1.165, 1.54) is 5.56 Å². The van der Waals surface area contributed by atoms with Gasteiger partial charge < -0.3 is 14.4 Å². The maximum Gasteiger partial charge on any atom is 0.232 e. The Bertz CT molecular complexity index is 565. The highest BCUT2D eigenvalue weighted by molar-refractivity contribution is 7.99. The molecule has 3 rings (SSSR count). The van der Waals surface area contributed by atoms with Crippen LogP contribution in [0.1, 0.15) is 11.3 Å². The third-order valence-electron chi connectivity index (χ3n) is 3.39. The largest absolute Gasteiger partial charge is 0.497 e. The molecule has 5 heteroatoms. The van der Waals surface area contributed by atoms with Crippen LogP contribution in [0.25, 0.3) is 0 Å². The zero-order valence-electron chi connectivity index (χ0n) is 10.7. The van der Waals surface area contributed by atoms with Crippen LogP contribution in [0.15, 0.2) is 30.6 Å². The van der Waals surface area contributed by atoms with Crippen LogP contribution >= 0.6 is 11.8 Å². The number of hydrogen-bond donors (Lipinski definition) is 1. The summed E-state index contributed by atoms with van der Waals surface area (Å²) in [4.78, 5) is 3.91. The Labute approximate surface area is 116 Å². The van der Waals surface area contributed by atoms with Gasteiger partial charge in [-0.3, -0.25) is 0 Å². The maximum absolute atomic E-state index is 9.58. The lowest BCUT2D eigenvalue weighted by atomic mass is 10.2. The van der Waals surface area contributed by atoms with E-state index in [0.717, 1.165) is 30.2 Å². The minimum absolute atomic E-state index is 0.188. The molecule has 100 valence electrons. The van der Waals surface area contributed by atoms with Crippen molar-refractivity contribution in [2.75, 3.05) is 7.11 Å². The molecule has 0 spiro atoms. The SMILES string of the molecule is COc1ccc(CSC2Cc3c(O)ncn3C2)cc1. The lowest BCUT2D eigenvalue weighted by Crippen LogP contribution is -2.04. The number of aromatic hydroxyl groups is 1. The van der Waals surface area contributed by atoms with Gasteiger partial charge in [0.05, 0.1) is 19.1 Å². The number of imidazole rings is 1. The number of ether oxygens (including phenoxy) is 1. The van der Waals surface area contributed by atoms with Crippen molar-refractivity contribution in [2.45, 2.75) is 24.0 Å². The van der Waals surface area contributed by atoms with Crippen molar-refractivity contribution in [3.05, 3.63) is 41.9 Å². The molecule has 2 aromatic rings. The Morgan fingerprint density at radius 1 is 1.42 bits per heavy atom. The van der Waals surface area contributed by atoms with Gasteiger partial charge in [-0.25, -0.2) is 4.98 Å². The molecule has 0 bridgehead atoms. The number of rotatable bonds is 4. The summed E-state index contributed by atoms with van der Waals surface area (Å²) in [6.07, 6.45) is 2.62. The fraction of sp³-hybridized carbons (Fsp3) is 0.357. The van der Waals surface area contributed by atoms with Crippen LogP contribution in [0.2, 0.25) is 0 Å². The van der Waals surface area contributed by atoms with E-state index in [4.69, 9.17) is 4.74 Å². The van der Waals surface area contributed by atoms with Crippen LogP contribution in [0.5, 0.6) is 11.6 Å². The summed E-state index contributed by atoms with van der Waals surface area (Å²) in [6, 6.07) is 8.17. The third-order valence-corrected chi connectivity index (χ3v) is 4.68. The molecule has 1 unspecified atom stereocenters. The average Bonchev–Trinajstić information content (AvgIpc) is 2.99. The molecule has 19 heavy (non-hydrogen) atoms. The number of hydrogen-bond acceptors (Lipinski definition) is 4. The van der Waals surface area contributed by atoms with Crippen molar-refractivity contribution in [1.29, 1.82) is 0 Å². The zero-order chi connectivity index (χ0) is 13.2. The number of aromatic nitrogens is 2. The van der Waals surface area contributed by atoms with Crippen molar-refractivity contribution in [1.82, 2.24) is 9.55 Å². The Kier molecular flexibility index (Phi) is 3.38. The van der Waals surface area contributed by atoms with Crippen molar-refractivity contribution in [3.8, 4) is 11.6 Å². The fourth-order valence-corrected chi connectivity index (χ4v) is 3.47. The highest BCUT2D eigenvalue weighted by Gasteiger charge is 2.25. The summed E-state index contributed by atoms with van der Waals surface area (Å²) in [6.45, 7) is 0.934. The minimum atomic E-state index is 0.188. The summed E-state index contributed by atoms with van der Waals surface area (Å²) < 4.78 is 7.19. The minimum Gasteiger partial charge on any atom is -0.497 e. The van der Waals surface area contributed by atoms with E-state index in [0.29, 0.717) is 5.25 Å². The normalized spacial score (nSPS) is 17.4. The summed E-state index contributed by atoms with van der Waals surface area (Å²) in [5.74, 6) is 2.06. The first-order chi connectivity index (χ1) is 9.26. The van der Waals surface area contributed by atoms with E-state index in [1.54, 1.807) is 13.4 Å². The third kappa shape index (κ3) is 2.56. The van der Waals surface area contributed by atoms with Gasteiger partial charge in [-0.1, -0.05) is 12.1 Å². The van der Waals surface area contributed by atoms with E-state index in [1.807, 2.05) is 28.5 Å². The summed E-state index contributed by atoms with van der Waals surface area (Å²) in [5, 5.41) is 10.1. The Morgan fingerprint density at radius 3 is 2.89 bits per heavy atom. The highest BCUT2D eigenvalue weighted by atomic mass is 32.2. The number of thioether (sulfide) groups is 1. The average molecular weight is 276 g/mol. The van der Waals surface area contributed by atoms with Gasteiger partial charge in [0.1, 0.15) is 5.75 Å². The molecule has 0 fully saturated rings. The van der Waals surface area contributed by atoms with Gasteiger partial charge >= 0.3 is 0 Å². The van der Waals surface area contributed by atoms with Crippen LogP contribution in [0, 0.1) is 0 Å². The molecule has 0 aliphatic carbocycles. The monoisotopic (exact) mass is 276 g/mol. The van der Waals surface area contributed by atoms with E-state index in [9.17, 15) is 5.11 Å². The molecule has 4 nitrogen and oxygen atoms in total. The van der Waals surface area contributed by atoms with Crippen molar-refractivity contribution >= 4 is 11.8 Å². The first-order valence-corrected chi connectivity index (χ1v) is 7.28. The Balaban J connectivity index is 1.56. The van der Waals surface area contributed by atoms with Crippen molar-refractivity contribution in [3.63, 3.8) is 0 Å². The molecule has 1 aromatic carbocycles. The molecule has 0 amide bonds. The van der Waals surface area contributed by atoms with Gasteiger partial charge in [-0.05, 0) is 17.7 Å². The lowest BCUT2D eigenvalue weighted by Gasteiger charge is -2.09. The van der Waals surface area contributed by atoms with Crippen molar-refractivity contribution in [2.24, 2.45) is 0 Å². The second kappa shape index (κ2) is 5.17. The zero-order valence-corrected chi connectivity index (χ0v) is 11.6. The van der Waals surface area contributed by atoms with Gasteiger partial charge in [0.15, 0.2) is 0 Å². The molecule has 1 aliphatic rings. The van der Waals surface area contributed by atoms with E-state index in [2.05, 4.69) is 17.1 Å². The predicted molar refractivity (Wildman–Crippen MR) is 75.7 cm³/mol. The molecule has 0 saturated heterocycles. The van der Waals surface area contributed by atoms with Crippen LogP contribution in [0.3, 0.4) is 0 Å². The Hall–Kier alpha value is -1.62. The smallest absolute Gasteiger partial charge is 0.232 e. The molecule has 2 heterocycles. The van der Waals surface area contributed by atoms with Gasteiger partial charge in [0.2, 0.25) is 5.88 Å². The highest BCUT2D eigenvalue weighted by Crippen LogP contribution is 2.31. The second-order valence-electron chi connectivity index (χ2n) is 4.65. The van der Waals surface area contributed by atoms with Gasteiger partial charge in [-0.15, -0.1) is 0 Å². The van der Waals surface area contributed by atoms with E-state index >= 15 is 0 Å². The van der Waals surface area contributed by atoms with E-state index < -0.39 is 0 Å². The second-order valence-corrected chi connectivity index (χ2v) is 5.94. The Morgan fingerprint density at radius 2 is 2.21 bits per heavy atom. The van der Waals surface area contributed by atoms with Gasteiger partial charge in [-0.2, -0.15) is 11.8 Å². The van der Waals surface area contributed by atoms with Crippen LogP contribution in [0.4, 0.5) is 0 Å². The van der Waals surface area contributed by atoms with Crippen LogP contribution in [-0.2, 0) is 18.7 Å². The first-order valence-electron chi connectivity index (χ1n) is 6.24. The topological polar surface area (TPSA) is 47.3 Å². The van der Waals surface area contributed by atoms with Gasteiger partial charge in [0, 0.05) is 24.0 Å². The van der Waals surface area contributed by atoms with Crippen LogP contribution in [-0.4, -0.2) is 27.0 Å². The lowest BCUT2D eigenvalue weighted by molar-refractivity contribution is 0.414. The molecule has 0 saturated carbocycles. The summed E-state index contributed by atoms with van der Waals surface area (Å²) in [7, 11) is 1.68. The fourth-order valence-electron chi connectivity index (χ4n) is 2.31. The molecular weight excluding hydrogens is 260 g/mol. The van der Waals surface area contributed by atoms with Crippen molar-refractivity contribution < 1.29 is 9.84 Å². The molecule has 1 aliphatic heterocycles. The summed E-state index contributed by atoms with van der Waals surface area (Å²) >= 11 is 1.92. The number of nitrogens with zero attached hydrogens (tertiary/aromatic N) is 2. The molecule has 0 radical (unpaired) electrons. The van der Waals surface area contributed by atoms with Crippen LogP contribution < -0.4 is 4.74 Å². The molecule has 1 atom stereocenters. The van der Waals surface area contributed by atoms with E-state index in [-0.39, 0.29) is 5.88 Å². The molecule has 1 aromatic heterocycles. The predicted octanol–water partition coefficient (Wildman–Crippen LogP) is 2.46. The number of benzene rings is 1. The molecule has 1 N–H and O–H groups in total. The number of methoxy groups -OCH3 is 1.